The number of nitrogens with zero attached hydrogens (tertiary/aromatic N) is 5. The van der Waals surface area contributed by atoms with E-state index < -0.39 is 35.4 Å². The summed E-state index contributed by atoms with van der Waals surface area (Å²) in [6.07, 6.45) is -2.87. The van der Waals surface area contributed by atoms with Crippen molar-refractivity contribution in [2.45, 2.75) is 43.7 Å². The summed E-state index contributed by atoms with van der Waals surface area (Å²) in [5.41, 5.74) is 6.85. The number of fused-ring (bicyclic) bond motifs is 2. The van der Waals surface area contributed by atoms with Crippen LogP contribution in [0.2, 0.25) is 0 Å². The van der Waals surface area contributed by atoms with E-state index in [4.69, 9.17) is 10.5 Å². The van der Waals surface area contributed by atoms with Crippen LogP contribution in [-0.4, -0.2) is 62.8 Å². The Morgan fingerprint density at radius 1 is 1.15 bits per heavy atom. The summed E-state index contributed by atoms with van der Waals surface area (Å²) >= 11 is 0. The molecular formula is C28H27F4N7O2. The maximum Gasteiger partial charge on any atom is 0.418 e. The molecule has 3 aromatic heterocycles. The van der Waals surface area contributed by atoms with Crippen LogP contribution in [0.5, 0.6) is 5.88 Å². The van der Waals surface area contributed by atoms with Gasteiger partial charge in [0.1, 0.15) is 23.6 Å². The molecule has 6 rings (SSSR count). The number of carbonyl (C=O) groups excluding carboxylic acids is 1. The first kappa shape index (κ1) is 26.9. The van der Waals surface area contributed by atoms with E-state index in [0.717, 1.165) is 23.3 Å². The average molecular weight is 570 g/mol. The van der Waals surface area contributed by atoms with Gasteiger partial charge in [0.05, 0.1) is 24.4 Å². The van der Waals surface area contributed by atoms with Crippen molar-refractivity contribution >= 4 is 17.2 Å². The van der Waals surface area contributed by atoms with E-state index in [2.05, 4.69) is 44.3 Å². The van der Waals surface area contributed by atoms with Crippen molar-refractivity contribution in [3.05, 3.63) is 71.2 Å². The number of nitrogens with one attached hydrogen (secondary N) is 1. The van der Waals surface area contributed by atoms with E-state index in [9.17, 15) is 18.0 Å². The first-order chi connectivity index (χ1) is 19.6. The number of anilines is 1. The first-order valence-electron chi connectivity index (χ1n) is 13.1. The standard InChI is InChI=1S/C28H27F4N7O2/c1-14-7-23(17-6-4-3-5-16(14)17)38-11-20(29)21(12-38)37-26(40)18-8-15(10-34-27(18)41-2)22-9-19(28(30,31)32)24-25(33)35-13-36-39(22)24/h3-6,8-10,13-14,20-21,23H,7,11-12H2,1-2H3,(H,37,40)(H2,33,35,36)/t14?,20-,21+,23?/m0/s1. The zero-order valence-corrected chi connectivity index (χ0v) is 22.2. The van der Waals surface area contributed by atoms with Crippen LogP contribution < -0.4 is 15.8 Å². The number of pyridine rings is 1. The Labute approximate surface area is 232 Å². The molecule has 0 saturated carbocycles. The summed E-state index contributed by atoms with van der Waals surface area (Å²) in [7, 11) is 1.31. The van der Waals surface area contributed by atoms with Crippen molar-refractivity contribution in [1.29, 1.82) is 0 Å². The van der Waals surface area contributed by atoms with Crippen LogP contribution in [-0.2, 0) is 6.18 Å². The lowest BCUT2D eigenvalue weighted by Gasteiger charge is -2.24. The quantitative estimate of drug-likeness (QED) is 0.343. The molecule has 214 valence electrons. The Morgan fingerprint density at radius 3 is 2.63 bits per heavy atom. The maximum atomic E-state index is 15.3. The number of carbonyl (C=O) groups is 1. The van der Waals surface area contributed by atoms with Gasteiger partial charge in [-0.05, 0) is 35.6 Å². The Hall–Kier alpha value is -4.26. The highest BCUT2D eigenvalue weighted by Gasteiger charge is 2.41. The van der Waals surface area contributed by atoms with Gasteiger partial charge in [-0.1, -0.05) is 31.2 Å². The first-order valence-corrected chi connectivity index (χ1v) is 13.1. The van der Waals surface area contributed by atoms with Crippen LogP contribution in [0.3, 0.4) is 0 Å². The summed E-state index contributed by atoms with van der Waals surface area (Å²) < 4.78 is 62.9. The summed E-state index contributed by atoms with van der Waals surface area (Å²) in [6, 6.07) is 9.62. The number of alkyl halides is 4. The topological polar surface area (TPSA) is 111 Å². The van der Waals surface area contributed by atoms with Crippen molar-refractivity contribution in [1.82, 2.24) is 29.8 Å². The van der Waals surface area contributed by atoms with E-state index >= 15 is 4.39 Å². The number of ether oxygens (including phenoxy) is 1. The third-order valence-corrected chi connectivity index (χ3v) is 7.97. The van der Waals surface area contributed by atoms with E-state index in [0.29, 0.717) is 12.5 Å². The molecule has 1 aliphatic carbocycles. The largest absolute Gasteiger partial charge is 0.480 e. The van der Waals surface area contributed by atoms with Crippen LogP contribution in [0.25, 0.3) is 16.8 Å². The van der Waals surface area contributed by atoms with Crippen LogP contribution in [0.15, 0.2) is 48.9 Å². The number of hydrogen-bond donors (Lipinski definition) is 2. The number of nitrogen functional groups attached to an aromatic ring is 1. The van der Waals surface area contributed by atoms with Crippen LogP contribution in [0.4, 0.5) is 23.4 Å². The molecule has 4 aromatic rings. The van der Waals surface area contributed by atoms with Crippen LogP contribution in [0.1, 0.15) is 52.4 Å². The molecule has 4 atom stereocenters. The number of rotatable bonds is 5. The third kappa shape index (κ3) is 4.63. The predicted octanol–water partition coefficient (Wildman–Crippen LogP) is 4.40. The number of aromatic nitrogens is 4. The smallest absolute Gasteiger partial charge is 0.418 e. The Morgan fingerprint density at radius 2 is 1.90 bits per heavy atom. The lowest BCUT2D eigenvalue weighted by Crippen LogP contribution is -2.41. The summed E-state index contributed by atoms with van der Waals surface area (Å²) in [5, 5.41) is 6.70. The normalized spacial score (nSPS) is 22.7. The monoisotopic (exact) mass is 569 g/mol. The fourth-order valence-electron chi connectivity index (χ4n) is 6.03. The summed E-state index contributed by atoms with van der Waals surface area (Å²) in [5.74, 6) is -0.709. The maximum absolute atomic E-state index is 15.3. The van der Waals surface area contributed by atoms with E-state index in [1.807, 2.05) is 12.1 Å². The minimum atomic E-state index is -4.73. The number of halogens is 4. The highest BCUT2D eigenvalue weighted by atomic mass is 19.4. The van der Waals surface area contributed by atoms with E-state index in [1.54, 1.807) is 0 Å². The van der Waals surface area contributed by atoms with E-state index in [-0.39, 0.29) is 41.1 Å². The Kier molecular flexibility index (Phi) is 6.56. The van der Waals surface area contributed by atoms with Gasteiger partial charge in [0.2, 0.25) is 5.88 Å². The molecule has 41 heavy (non-hydrogen) atoms. The Balaban J connectivity index is 1.28. The SMILES string of the molecule is COc1ncc(-c2cc(C(F)(F)F)c3c(N)ncnn23)cc1C(=O)N[C@@H]1CN(C2CC(C)c3ccccc32)C[C@@H]1F. The number of likely N-dealkylation sites (tertiary alicyclic amines) is 1. The fourth-order valence-corrected chi connectivity index (χ4v) is 6.03. The molecule has 2 aliphatic rings. The highest BCUT2D eigenvalue weighted by Crippen LogP contribution is 2.44. The van der Waals surface area contributed by atoms with Crippen molar-refractivity contribution < 1.29 is 27.1 Å². The van der Waals surface area contributed by atoms with E-state index in [1.165, 1.54) is 30.5 Å². The molecular weight excluding hydrogens is 542 g/mol. The minimum absolute atomic E-state index is 0.00458. The van der Waals surface area contributed by atoms with Crippen molar-refractivity contribution in [3.8, 4) is 17.1 Å². The zero-order chi connectivity index (χ0) is 29.1. The number of methoxy groups -OCH3 is 1. The predicted molar refractivity (Wildman–Crippen MR) is 142 cm³/mol. The number of hydrogen-bond acceptors (Lipinski definition) is 7. The second-order valence-electron chi connectivity index (χ2n) is 10.5. The molecule has 1 aliphatic heterocycles. The van der Waals surface area contributed by atoms with Gasteiger partial charge in [0, 0.05) is 30.9 Å². The average Bonchev–Trinajstić information content (AvgIpc) is 3.62. The molecule has 0 bridgehead atoms. The molecule has 9 nitrogen and oxygen atoms in total. The van der Waals surface area contributed by atoms with Gasteiger partial charge < -0.3 is 15.8 Å². The minimum Gasteiger partial charge on any atom is -0.480 e. The van der Waals surface area contributed by atoms with Gasteiger partial charge in [0.25, 0.3) is 5.91 Å². The fraction of sp³-hybridized carbons (Fsp3) is 0.357. The van der Waals surface area contributed by atoms with Gasteiger partial charge in [-0.25, -0.2) is 18.9 Å². The second kappa shape index (κ2) is 9.98. The molecule has 0 spiro atoms. The lowest BCUT2D eigenvalue weighted by molar-refractivity contribution is -0.136. The molecule has 13 heteroatoms. The molecule has 1 fully saturated rings. The van der Waals surface area contributed by atoms with Crippen molar-refractivity contribution in [2.24, 2.45) is 0 Å². The molecule has 1 amide bonds. The van der Waals surface area contributed by atoms with Crippen molar-refractivity contribution in [3.63, 3.8) is 0 Å². The summed E-state index contributed by atoms with van der Waals surface area (Å²) in [6.45, 7) is 2.63. The Bertz CT molecular complexity index is 1640. The molecule has 3 N–H and O–H groups in total. The number of benzene rings is 1. The van der Waals surface area contributed by atoms with Gasteiger partial charge in [-0.2, -0.15) is 18.3 Å². The zero-order valence-electron chi connectivity index (χ0n) is 22.2. The highest BCUT2D eigenvalue weighted by molar-refractivity contribution is 5.98. The van der Waals surface area contributed by atoms with Gasteiger partial charge >= 0.3 is 6.18 Å². The molecule has 2 unspecified atom stereocenters. The molecule has 1 aromatic carbocycles. The molecule has 4 heterocycles. The number of nitrogens with two attached hydrogens (primary N) is 1. The summed E-state index contributed by atoms with van der Waals surface area (Å²) in [4.78, 5) is 23.3. The molecule has 0 radical (unpaired) electrons. The van der Waals surface area contributed by atoms with Crippen molar-refractivity contribution in [2.75, 3.05) is 25.9 Å². The molecule has 1 saturated heterocycles. The second-order valence-corrected chi connectivity index (χ2v) is 10.5. The van der Waals surface area contributed by atoms with Crippen LogP contribution >= 0.6 is 0 Å². The lowest BCUT2D eigenvalue weighted by atomic mass is 10.0. The van der Waals surface area contributed by atoms with Gasteiger partial charge in [-0.3, -0.25) is 9.69 Å². The van der Waals surface area contributed by atoms with Crippen LogP contribution in [0, 0.1) is 0 Å². The number of amides is 1. The third-order valence-electron chi connectivity index (χ3n) is 7.97. The van der Waals surface area contributed by atoms with Gasteiger partial charge in [0.15, 0.2) is 5.82 Å². The van der Waals surface area contributed by atoms with Gasteiger partial charge in [-0.15, -0.1) is 0 Å².